The maximum atomic E-state index is 10.7. The van der Waals surface area contributed by atoms with E-state index in [0.717, 1.165) is 28.4 Å². The Labute approximate surface area is 197 Å². The van der Waals surface area contributed by atoms with Crippen molar-refractivity contribution in [3.8, 4) is 5.75 Å². The van der Waals surface area contributed by atoms with E-state index in [1.54, 1.807) is 6.08 Å². The van der Waals surface area contributed by atoms with Gasteiger partial charge in [-0.25, -0.2) is 0 Å². The summed E-state index contributed by atoms with van der Waals surface area (Å²) in [7, 11) is 0. The van der Waals surface area contributed by atoms with Crippen molar-refractivity contribution < 1.29 is 24.1 Å². The Hall–Kier alpha value is -2.18. The molecular weight excluding hydrogens is 424 g/mol. The number of benzene rings is 1. The Kier molecular flexibility index (Phi) is 12.9. The Morgan fingerprint density at radius 2 is 1.97 bits per heavy atom. The molecule has 0 heterocycles. The monoisotopic (exact) mass is 462 g/mol. The molecule has 5 nitrogen and oxygen atoms in total. The van der Waals surface area contributed by atoms with Crippen molar-refractivity contribution >= 4 is 17.7 Å². The van der Waals surface area contributed by atoms with Crippen LogP contribution in [0.25, 0.3) is 0 Å². The molecule has 0 amide bonds. The van der Waals surface area contributed by atoms with Gasteiger partial charge in [-0.3, -0.25) is 4.79 Å². The lowest BCUT2D eigenvalue weighted by Gasteiger charge is -2.19. The van der Waals surface area contributed by atoms with Crippen LogP contribution in [0.4, 0.5) is 0 Å². The summed E-state index contributed by atoms with van der Waals surface area (Å²) in [4.78, 5) is 11.7. The number of ether oxygens (including phenoxy) is 3. The first-order valence-corrected chi connectivity index (χ1v) is 12.0. The number of aliphatic carboxylic acids is 1. The number of thioether (sulfide) groups is 1. The molecule has 0 spiro atoms. The van der Waals surface area contributed by atoms with E-state index >= 15 is 0 Å². The van der Waals surface area contributed by atoms with Gasteiger partial charge in [-0.2, -0.15) is 0 Å². The fourth-order valence-corrected chi connectivity index (χ4v) is 3.56. The van der Waals surface area contributed by atoms with Crippen LogP contribution in [0.1, 0.15) is 46.6 Å². The standard InChI is InChI=1S/C26H38O5S/c1-8-20(6)31-24(15-22(9-2)18(3)4)16-30-21(7)12-13-29-23-10-11-25(19(5)14-23)32-17-26(27)28/h8-11,14-15,18,20-21H,1,12-13,16-17H2,2-7H3,(H,27,28)/b22-9+,24-15+/t20?,21-/m1/s1. The third kappa shape index (κ3) is 10.9. The van der Waals surface area contributed by atoms with Crippen molar-refractivity contribution in [1.29, 1.82) is 0 Å². The fraction of sp³-hybridized carbons (Fsp3) is 0.500. The summed E-state index contributed by atoms with van der Waals surface area (Å²) in [6, 6.07) is 5.71. The quantitative estimate of drug-likeness (QED) is 0.140. The first kappa shape index (κ1) is 27.9. The van der Waals surface area contributed by atoms with E-state index in [1.165, 1.54) is 17.3 Å². The number of hydrogen-bond acceptors (Lipinski definition) is 5. The second kappa shape index (κ2) is 14.8. The van der Waals surface area contributed by atoms with Crippen molar-refractivity contribution in [2.24, 2.45) is 5.92 Å². The highest BCUT2D eigenvalue weighted by molar-refractivity contribution is 8.00. The third-order valence-corrected chi connectivity index (χ3v) is 5.96. The summed E-state index contributed by atoms with van der Waals surface area (Å²) in [5.41, 5.74) is 2.21. The summed E-state index contributed by atoms with van der Waals surface area (Å²) in [5.74, 6) is 1.19. The zero-order valence-electron chi connectivity index (χ0n) is 20.2. The lowest BCUT2D eigenvalue weighted by atomic mass is 10.0. The molecule has 0 aliphatic heterocycles. The minimum Gasteiger partial charge on any atom is -0.493 e. The molecule has 6 heteroatoms. The summed E-state index contributed by atoms with van der Waals surface area (Å²) < 4.78 is 17.9. The molecule has 1 aromatic carbocycles. The predicted molar refractivity (Wildman–Crippen MR) is 132 cm³/mol. The molecule has 0 saturated heterocycles. The summed E-state index contributed by atoms with van der Waals surface area (Å²) in [6.07, 6.45) is 6.56. The first-order valence-electron chi connectivity index (χ1n) is 11.0. The van der Waals surface area contributed by atoms with Gasteiger partial charge in [0.2, 0.25) is 0 Å². The summed E-state index contributed by atoms with van der Waals surface area (Å²) in [5, 5.41) is 8.83. The van der Waals surface area contributed by atoms with Crippen LogP contribution >= 0.6 is 11.8 Å². The predicted octanol–water partition coefficient (Wildman–Crippen LogP) is 6.42. The van der Waals surface area contributed by atoms with E-state index in [2.05, 4.69) is 32.6 Å². The maximum absolute atomic E-state index is 10.7. The van der Waals surface area contributed by atoms with Crippen LogP contribution in [0.5, 0.6) is 5.75 Å². The number of carboxylic acids is 1. The number of hydrogen-bond donors (Lipinski definition) is 1. The molecular formula is C26H38O5S. The molecule has 0 aromatic heterocycles. The summed E-state index contributed by atoms with van der Waals surface area (Å²) in [6.45, 7) is 17.0. The van der Waals surface area contributed by atoms with Crippen LogP contribution in [0.15, 0.2) is 59.2 Å². The molecule has 178 valence electrons. The zero-order chi connectivity index (χ0) is 24.1. The number of aryl methyl sites for hydroxylation is 1. The normalized spacial score (nSPS) is 14.2. The molecule has 0 fully saturated rings. The van der Waals surface area contributed by atoms with E-state index in [-0.39, 0.29) is 18.0 Å². The minimum absolute atomic E-state index is 0.000589. The molecule has 1 rings (SSSR count). The Morgan fingerprint density at radius 1 is 1.25 bits per heavy atom. The van der Waals surface area contributed by atoms with Gasteiger partial charge in [-0.15, -0.1) is 11.8 Å². The second-order valence-electron chi connectivity index (χ2n) is 7.98. The molecule has 0 saturated carbocycles. The lowest BCUT2D eigenvalue weighted by molar-refractivity contribution is -0.133. The van der Waals surface area contributed by atoms with Crippen molar-refractivity contribution in [2.75, 3.05) is 19.0 Å². The van der Waals surface area contributed by atoms with Gasteiger partial charge in [-0.1, -0.05) is 32.6 Å². The molecule has 0 aliphatic carbocycles. The molecule has 0 radical (unpaired) electrons. The van der Waals surface area contributed by atoms with Gasteiger partial charge in [0.05, 0.1) is 18.5 Å². The number of carbonyl (C=O) groups is 1. The van der Waals surface area contributed by atoms with Gasteiger partial charge < -0.3 is 19.3 Å². The van der Waals surface area contributed by atoms with Crippen molar-refractivity contribution in [3.05, 3.63) is 59.9 Å². The Balaban J connectivity index is 2.57. The van der Waals surface area contributed by atoms with Crippen molar-refractivity contribution in [3.63, 3.8) is 0 Å². The van der Waals surface area contributed by atoms with E-state index < -0.39 is 5.97 Å². The highest BCUT2D eigenvalue weighted by Gasteiger charge is 2.11. The first-order chi connectivity index (χ1) is 15.2. The molecule has 1 N–H and O–H groups in total. The Bertz CT molecular complexity index is 797. The van der Waals surface area contributed by atoms with Crippen LogP contribution in [0.3, 0.4) is 0 Å². The third-order valence-electron chi connectivity index (χ3n) is 4.80. The van der Waals surface area contributed by atoms with E-state index in [4.69, 9.17) is 19.3 Å². The van der Waals surface area contributed by atoms with Gasteiger partial charge in [0.25, 0.3) is 0 Å². The van der Waals surface area contributed by atoms with Crippen molar-refractivity contribution in [2.45, 2.75) is 65.1 Å². The van der Waals surface area contributed by atoms with Crippen LogP contribution in [0, 0.1) is 12.8 Å². The van der Waals surface area contributed by atoms with Crippen LogP contribution in [-0.2, 0) is 14.3 Å². The zero-order valence-corrected chi connectivity index (χ0v) is 21.0. The highest BCUT2D eigenvalue weighted by atomic mass is 32.2. The van der Waals surface area contributed by atoms with Crippen molar-refractivity contribution in [1.82, 2.24) is 0 Å². The highest BCUT2D eigenvalue weighted by Crippen LogP contribution is 2.26. The van der Waals surface area contributed by atoms with E-state index in [9.17, 15) is 4.79 Å². The maximum Gasteiger partial charge on any atom is 0.313 e. The molecule has 32 heavy (non-hydrogen) atoms. The average molecular weight is 463 g/mol. The largest absolute Gasteiger partial charge is 0.493 e. The van der Waals surface area contributed by atoms with Crippen LogP contribution in [-0.4, -0.2) is 42.3 Å². The average Bonchev–Trinajstić information content (AvgIpc) is 2.74. The van der Waals surface area contributed by atoms with E-state index in [1.807, 2.05) is 45.9 Å². The van der Waals surface area contributed by atoms with Gasteiger partial charge in [-0.05, 0) is 69.0 Å². The number of allylic oxidation sites excluding steroid dienone is 3. The Morgan fingerprint density at radius 3 is 2.53 bits per heavy atom. The van der Waals surface area contributed by atoms with Crippen LogP contribution in [0.2, 0.25) is 0 Å². The van der Waals surface area contributed by atoms with Gasteiger partial charge in [0.1, 0.15) is 24.2 Å². The minimum atomic E-state index is -0.822. The second-order valence-corrected chi connectivity index (χ2v) is 9.00. The molecule has 0 aliphatic rings. The van der Waals surface area contributed by atoms with Gasteiger partial charge in [0, 0.05) is 11.3 Å². The molecule has 2 atom stereocenters. The van der Waals surface area contributed by atoms with E-state index in [0.29, 0.717) is 19.1 Å². The smallest absolute Gasteiger partial charge is 0.313 e. The SMILES string of the molecule is C=CC(C)O/C(=C/C(=C\C)C(C)C)CO[C@H](C)CCOc1ccc(SCC(=O)O)c(C)c1. The fourth-order valence-electron chi connectivity index (χ4n) is 2.83. The molecule has 1 aromatic rings. The molecule has 0 bridgehead atoms. The molecule has 1 unspecified atom stereocenters. The van der Waals surface area contributed by atoms with Gasteiger partial charge >= 0.3 is 5.97 Å². The number of carboxylic acid groups (broad SMARTS) is 1. The lowest BCUT2D eigenvalue weighted by Crippen LogP contribution is -2.17. The number of rotatable bonds is 15. The van der Waals surface area contributed by atoms with Gasteiger partial charge in [0.15, 0.2) is 0 Å². The summed E-state index contributed by atoms with van der Waals surface area (Å²) >= 11 is 1.31. The topological polar surface area (TPSA) is 65.0 Å². The van der Waals surface area contributed by atoms with Crippen LogP contribution < -0.4 is 4.74 Å².